The van der Waals surface area contributed by atoms with E-state index in [1.54, 1.807) is 35.7 Å². The molecule has 0 spiro atoms. The van der Waals surface area contributed by atoms with Crippen molar-refractivity contribution in [3.63, 3.8) is 0 Å². The third kappa shape index (κ3) is 4.70. The second kappa shape index (κ2) is 9.16. The van der Waals surface area contributed by atoms with Gasteiger partial charge in [-0.3, -0.25) is 9.59 Å². The van der Waals surface area contributed by atoms with Crippen LogP contribution in [0.5, 0.6) is 0 Å². The Morgan fingerprint density at radius 3 is 2.17 bits per heavy atom. The Hall–Kier alpha value is -3.45. The van der Waals surface area contributed by atoms with E-state index in [1.165, 1.54) is 25.4 Å². The predicted octanol–water partition coefficient (Wildman–Crippen LogP) is 4.44. The van der Waals surface area contributed by atoms with Crippen molar-refractivity contribution in [2.75, 3.05) is 12.4 Å². The molecule has 3 aromatic rings. The summed E-state index contributed by atoms with van der Waals surface area (Å²) in [5.74, 6) is -1.71. The van der Waals surface area contributed by atoms with Crippen molar-refractivity contribution in [3.05, 3.63) is 77.2 Å². The molecule has 0 fully saturated rings. The van der Waals surface area contributed by atoms with Crippen LogP contribution in [0.3, 0.4) is 0 Å². The number of ether oxygens (including phenoxy) is 2. The highest BCUT2D eigenvalue weighted by atomic mass is 32.1. The minimum atomic E-state index is -1.14. The molecule has 0 saturated heterocycles. The molecule has 1 unspecified atom stereocenters. The normalized spacial score (nSPS) is 11.4. The zero-order valence-corrected chi connectivity index (χ0v) is 16.7. The average Bonchev–Trinajstić information content (AvgIpc) is 3.16. The molecule has 2 aromatic carbocycles. The van der Waals surface area contributed by atoms with Crippen LogP contribution in [-0.2, 0) is 19.1 Å². The van der Waals surface area contributed by atoms with Gasteiger partial charge in [0.2, 0.25) is 6.10 Å². The van der Waals surface area contributed by atoms with Crippen LogP contribution in [0.25, 0.3) is 11.1 Å². The molecule has 6 nitrogen and oxygen atoms in total. The smallest absolute Gasteiger partial charge is 0.341 e. The summed E-state index contributed by atoms with van der Waals surface area (Å²) in [6.45, 7) is 1.24. The average molecular weight is 409 g/mol. The van der Waals surface area contributed by atoms with Crippen LogP contribution in [0.1, 0.15) is 28.9 Å². The Morgan fingerprint density at radius 1 is 0.966 bits per heavy atom. The molecule has 1 atom stereocenters. The SMILES string of the molecule is COC(=O)c1c(-c2ccccc2)csc1NC(=O)C(OC(C)=O)c1ccccc1. The van der Waals surface area contributed by atoms with E-state index in [2.05, 4.69) is 5.32 Å². The molecular formula is C22H19NO5S. The summed E-state index contributed by atoms with van der Waals surface area (Å²) < 4.78 is 10.1. The van der Waals surface area contributed by atoms with Gasteiger partial charge in [-0.05, 0) is 5.56 Å². The van der Waals surface area contributed by atoms with Crippen LogP contribution in [0.15, 0.2) is 66.0 Å². The standard InChI is InChI=1S/C22H19NO5S/c1-14(24)28-19(16-11-7-4-8-12-16)20(25)23-21-18(22(26)27-2)17(13-29-21)15-9-5-3-6-10-15/h3-13,19H,1-2H3,(H,23,25). The van der Waals surface area contributed by atoms with E-state index >= 15 is 0 Å². The van der Waals surface area contributed by atoms with Crippen LogP contribution in [0.4, 0.5) is 5.00 Å². The van der Waals surface area contributed by atoms with E-state index in [0.29, 0.717) is 16.1 Å². The maximum absolute atomic E-state index is 12.9. The fourth-order valence-corrected chi connectivity index (χ4v) is 3.79. The van der Waals surface area contributed by atoms with E-state index in [9.17, 15) is 14.4 Å². The number of carbonyl (C=O) groups is 3. The number of anilines is 1. The molecular weight excluding hydrogens is 390 g/mol. The largest absolute Gasteiger partial charge is 0.465 e. The lowest BCUT2D eigenvalue weighted by atomic mass is 10.0. The van der Waals surface area contributed by atoms with Crippen LogP contribution in [-0.4, -0.2) is 25.0 Å². The summed E-state index contributed by atoms with van der Waals surface area (Å²) in [5.41, 5.74) is 2.26. The summed E-state index contributed by atoms with van der Waals surface area (Å²) in [5, 5.41) is 4.83. The molecule has 0 aliphatic carbocycles. The van der Waals surface area contributed by atoms with Gasteiger partial charge in [0.05, 0.1) is 7.11 Å². The predicted molar refractivity (Wildman–Crippen MR) is 111 cm³/mol. The van der Waals surface area contributed by atoms with Gasteiger partial charge in [0, 0.05) is 23.4 Å². The Morgan fingerprint density at radius 2 is 1.59 bits per heavy atom. The topological polar surface area (TPSA) is 81.7 Å². The second-order valence-corrected chi connectivity index (χ2v) is 6.98. The van der Waals surface area contributed by atoms with E-state index in [0.717, 1.165) is 5.56 Å². The van der Waals surface area contributed by atoms with Crippen molar-refractivity contribution >= 4 is 34.2 Å². The van der Waals surface area contributed by atoms with Gasteiger partial charge in [-0.1, -0.05) is 60.7 Å². The van der Waals surface area contributed by atoms with Crippen molar-refractivity contribution in [1.82, 2.24) is 0 Å². The molecule has 1 heterocycles. The molecule has 0 bridgehead atoms. The molecule has 0 aliphatic rings. The molecule has 3 rings (SSSR count). The lowest BCUT2D eigenvalue weighted by Crippen LogP contribution is -2.25. The first-order valence-electron chi connectivity index (χ1n) is 8.79. The number of nitrogens with one attached hydrogen (secondary N) is 1. The lowest BCUT2D eigenvalue weighted by molar-refractivity contribution is -0.152. The maximum Gasteiger partial charge on any atom is 0.341 e. The number of methoxy groups -OCH3 is 1. The lowest BCUT2D eigenvalue weighted by Gasteiger charge is -2.17. The molecule has 1 N–H and O–H groups in total. The van der Waals surface area contributed by atoms with Gasteiger partial charge < -0.3 is 14.8 Å². The maximum atomic E-state index is 12.9. The van der Waals surface area contributed by atoms with Gasteiger partial charge in [0.25, 0.3) is 5.91 Å². The van der Waals surface area contributed by atoms with Gasteiger partial charge in [-0.15, -0.1) is 11.3 Å². The van der Waals surface area contributed by atoms with Crippen molar-refractivity contribution in [2.45, 2.75) is 13.0 Å². The van der Waals surface area contributed by atoms with Crippen LogP contribution >= 0.6 is 11.3 Å². The van der Waals surface area contributed by atoms with E-state index in [-0.39, 0.29) is 5.56 Å². The molecule has 1 amide bonds. The minimum absolute atomic E-state index is 0.256. The van der Waals surface area contributed by atoms with Crippen molar-refractivity contribution in [3.8, 4) is 11.1 Å². The van der Waals surface area contributed by atoms with Crippen molar-refractivity contribution < 1.29 is 23.9 Å². The van der Waals surface area contributed by atoms with E-state index in [1.807, 2.05) is 30.3 Å². The zero-order valence-electron chi connectivity index (χ0n) is 15.9. The van der Waals surface area contributed by atoms with Gasteiger partial charge in [0.1, 0.15) is 10.6 Å². The number of rotatable bonds is 6. The summed E-state index contributed by atoms with van der Waals surface area (Å²) in [6, 6.07) is 18.0. The highest BCUT2D eigenvalue weighted by Gasteiger charge is 2.28. The molecule has 29 heavy (non-hydrogen) atoms. The van der Waals surface area contributed by atoms with Gasteiger partial charge in [-0.25, -0.2) is 4.79 Å². The third-order valence-electron chi connectivity index (χ3n) is 4.13. The highest BCUT2D eigenvalue weighted by Crippen LogP contribution is 2.36. The van der Waals surface area contributed by atoms with Crippen LogP contribution < -0.4 is 5.32 Å². The molecule has 0 aliphatic heterocycles. The second-order valence-electron chi connectivity index (χ2n) is 6.10. The minimum Gasteiger partial charge on any atom is -0.465 e. The zero-order chi connectivity index (χ0) is 20.8. The molecule has 1 aromatic heterocycles. The number of benzene rings is 2. The van der Waals surface area contributed by atoms with Gasteiger partial charge >= 0.3 is 11.9 Å². The number of thiophene rings is 1. The van der Waals surface area contributed by atoms with E-state index < -0.39 is 23.9 Å². The first-order chi connectivity index (χ1) is 14.0. The number of carbonyl (C=O) groups excluding carboxylic acids is 3. The fourth-order valence-electron chi connectivity index (χ4n) is 2.83. The molecule has 148 valence electrons. The summed E-state index contributed by atoms with van der Waals surface area (Å²) in [6.07, 6.45) is -1.14. The first kappa shape index (κ1) is 20.3. The molecule has 7 heteroatoms. The number of esters is 2. The summed E-state index contributed by atoms with van der Waals surface area (Å²) >= 11 is 1.20. The monoisotopic (exact) mass is 409 g/mol. The Bertz CT molecular complexity index is 1010. The van der Waals surface area contributed by atoms with E-state index in [4.69, 9.17) is 9.47 Å². The van der Waals surface area contributed by atoms with Gasteiger partial charge in [-0.2, -0.15) is 0 Å². The molecule has 0 radical (unpaired) electrons. The highest BCUT2D eigenvalue weighted by molar-refractivity contribution is 7.15. The van der Waals surface area contributed by atoms with Crippen LogP contribution in [0, 0.1) is 0 Å². The van der Waals surface area contributed by atoms with Gasteiger partial charge in [0.15, 0.2) is 0 Å². The summed E-state index contributed by atoms with van der Waals surface area (Å²) in [7, 11) is 1.28. The van der Waals surface area contributed by atoms with Crippen molar-refractivity contribution in [1.29, 1.82) is 0 Å². The quantitative estimate of drug-likeness (QED) is 0.609. The number of hydrogen-bond acceptors (Lipinski definition) is 6. The van der Waals surface area contributed by atoms with Crippen molar-refractivity contribution in [2.24, 2.45) is 0 Å². The Labute approximate surface area is 172 Å². The Balaban J connectivity index is 1.96. The fraction of sp³-hybridized carbons (Fsp3) is 0.136. The summed E-state index contributed by atoms with van der Waals surface area (Å²) in [4.78, 5) is 36.9. The first-order valence-corrected chi connectivity index (χ1v) is 9.67. The van der Waals surface area contributed by atoms with Crippen LogP contribution in [0.2, 0.25) is 0 Å². The Kier molecular flexibility index (Phi) is 6.41. The number of amides is 1. The molecule has 0 saturated carbocycles. The number of hydrogen-bond donors (Lipinski definition) is 1. The third-order valence-corrected chi connectivity index (χ3v) is 5.02.